The number of nitrogens with zero attached hydrogens (tertiary/aromatic N) is 2. The van der Waals surface area contributed by atoms with Gasteiger partial charge >= 0.3 is 5.97 Å². The van der Waals surface area contributed by atoms with Gasteiger partial charge < -0.3 is 30.6 Å². The fourth-order valence-corrected chi connectivity index (χ4v) is 7.02. The number of carbonyl (C=O) groups excluding carboxylic acids is 4. The molecule has 1 aromatic carbocycles. The van der Waals surface area contributed by atoms with Crippen molar-refractivity contribution in [2.75, 3.05) is 19.6 Å². The molecule has 1 aromatic rings. The molecule has 2 saturated heterocycles. The monoisotopic (exact) mass is 684 g/mol. The highest BCUT2D eigenvalue weighted by Crippen LogP contribution is 2.26. The number of hydrogen-bond donors (Lipinski definition) is 4. The first-order valence-corrected chi connectivity index (χ1v) is 18.9. The van der Waals surface area contributed by atoms with E-state index in [0.29, 0.717) is 45.2 Å². The Balaban J connectivity index is 1.35. The molecule has 274 valence electrons. The molecule has 3 atom stereocenters. The summed E-state index contributed by atoms with van der Waals surface area (Å²) in [6.45, 7) is 2.80. The maximum Gasteiger partial charge on any atom is 0.326 e. The zero-order chi connectivity index (χ0) is 35.4. The first-order valence-electron chi connectivity index (χ1n) is 18.9. The lowest BCUT2D eigenvalue weighted by Crippen LogP contribution is -2.54. The SMILES string of the molecule is CCCCCCCCCCCCCCCC(=O)N1CCC[C@H]1C(=O)N1CCC[C@H]1C(=O)NCC(=O)N[C@@H](CCc1ccc(O)cc1)C(=O)O. The van der Waals surface area contributed by atoms with Gasteiger partial charge in [0.1, 0.15) is 23.9 Å². The first-order chi connectivity index (χ1) is 23.7. The van der Waals surface area contributed by atoms with Crippen LogP contribution in [0.3, 0.4) is 0 Å². The van der Waals surface area contributed by atoms with Crippen LogP contribution in [0.1, 0.15) is 134 Å². The van der Waals surface area contributed by atoms with E-state index >= 15 is 0 Å². The molecule has 3 rings (SSSR count). The summed E-state index contributed by atoms with van der Waals surface area (Å²) >= 11 is 0. The molecule has 11 nitrogen and oxygen atoms in total. The Morgan fingerprint density at radius 3 is 1.92 bits per heavy atom. The zero-order valence-electron chi connectivity index (χ0n) is 29.6. The third kappa shape index (κ3) is 14.0. The lowest BCUT2D eigenvalue weighted by molar-refractivity contribution is -0.146. The summed E-state index contributed by atoms with van der Waals surface area (Å²) in [6.07, 6.45) is 19.5. The molecule has 0 aliphatic carbocycles. The van der Waals surface area contributed by atoms with Gasteiger partial charge in [-0.3, -0.25) is 19.2 Å². The number of carboxylic acids is 1. The molecule has 2 fully saturated rings. The van der Waals surface area contributed by atoms with Crippen molar-refractivity contribution < 1.29 is 34.2 Å². The van der Waals surface area contributed by atoms with Crippen LogP contribution in [-0.4, -0.2) is 87.4 Å². The van der Waals surface area contributed by atoms with Crippen molar-refractivity contribution in [3.05, 3.63) is 29.8 Å². The zero-order valence-corrected chi connectivity index (χ0v) is 29.6. The Morgan fingerprint density at radius 1 is 0.776 bits per heavy atom. The summed E-state index contributed by atoms with van der Waals surface area (Å²) in [5.41, 5.74) is 0.819. The minimum Gasteiger partial charge on any atom is -0.508 e. The fraction of sp³-hybridized carbons (Fsp3) is 0.711. The number of aliphatic carboxylic acids is 1. The van der Waals surface area contributed by atoms with Crippen LogP contribution in [0, 0.1) is 0 Å². The quantitative estimate of drug-likeness (QED) is 0.111. The van der Waals surface area contributed by atoms with Crippen molar-refractivity contribution in [2.24, 2.45) is 0 Å². The minimum absolute atomic E-state index is 0.00851. The van der Waals surface area contributed by atoms with Crippen LogP contribution in [0.5, 0.6) is 5.75 Å². The summed E-state index contributed by atoms with van der Waals surface area (Å²) in [6, 6.07) is 3.96. The Bertz CT molecular complexity index is 1190. The van der Waals surface area contributed by atoms with Crippen molar-refractivity contribution in [2.45, 2.75) is 153 Å². The summed E-state index contributed by atoms with van der Waals surface area (Å²) in [5.74, 6) is -2.37. The van der Waals surface area contributed by atoms with E-state index in [-0.39, 0.29) is 24.0 Å². The molecule has 2 heterocycles. The molecule has 0 unspecified atom stereocenters. The number of carboxylic acid groups (broad SMARTS) is 1. The van der Waals surface area contributed by atoms with Gasteiger partial charge in [-0.05, 0) is 62.6 Å². The molecule has 0 bridgehead atoms. The Labute approximate surface area is 292 Å². The van der Waals surface area contributed by atoms with Crippen LogP contribution in [0.25, 0.3) is 0 Å². The largest absolute Gasteiger partial charge is 0.508 e. The van der Waals surface area contributed by atoms with Crippen molar-refractivity contribution in [1.82, 2.24) is 20.4 Å². The molecule has 0 saturated carbocycles. The number of phenols is 1. The second kappa shape index (κ2) is 22.2. The number of aromatic hydroxyl groups is 1. The van der Waals surface area contributed by atoms with Gasteiger partial charge in [-0.15, -0.1) is 0 Å². The van der Waals surface area contributed by atoms with Crippen LogP contribution >= 0.6 is 0 Å². The third-order valence-electron chi connectivity index (χ3n) is 9.91. The predicted octanol–water partition coefficient (Wildman–Crippen LogP) is 5.47. The summed E-state index contributed by atoms with van der Waals surface area (Å²) in [7, 11) is 0. The molecule has 4 amide bonds. The molecular weight excluding hydrogens is 624 g/mol. The Hall–Kier alpha value is -3.63. The molecule has 4 N–H and O–H groups in total. The number of benzene rings is 1. The van der Waals surface area contributed by atoms with Gasteiger partial charge in [0.2, 0.25) is 23.6 Å². The first kappa shape index (κ1) is 39.8. The number of nitrogens with one attached hydrogen (secondary N) is 2. The van der Waals surface area contributed by atoms with Crippen LogP contribution in [-0.2, 0) is 30.4 Å². The van der Waals surface area contributed by atoms with E-state index in [2.05, 4.69) is 17.6 Å². The molecule has 2 aliphatic rings. The van der Waals surface area contributed by atoms with E-state index < -0.39 is 42.5 Å². The fourth-order valence-electron chi connectivity index (χ4n) is 7.02. The molecule has 49 heavy (non-hydrogen) atoms. The van der Waals surface area contributed by atoms with Crippen molar-refractivity contribution in [1.29, 1.82) is 0 Å². The second-order valence-electron chi connectivity index (χ2n) is 13.8. The molecule has 0 radical (unpaired) electrons. The van der Waals surface area contributed by atoms with Crippen LogP contribution in [0.4, 0.5) is 0 Å². The van der Waals surface area contributed by atoms with Gasteiger partial charge in [-0.2, -0.15) is 0 Å². The average molecular weight is 685 g/mol. The van der Waals surface area contributed by atoms with Gasteiger partial charge in [0.25, 0.3) is 0 Å². The number of aryl methyl sites for hydroxylation is 1. The van der Waals surface area contributed by atoms with Crippen molar-refractivity contribution in [3.63, 3.8) is 0 Å². The minimum atomic E-state index is -1.18. The number of hydrogen-bond acceptors (Lipinski definition) is 6. The van der Waals surface area contributed by atoms with Crippen LogP contribution in [0.15, 0.2) is 24.3 Å². The third-order valence-corrected chi connectivity index (χ3v) is 9.91. The van der Waals surface area contributed by atoms with Crippen molar-refractivity contribution >= 4 is 29.6 Å². The lowest BCUT2D eigenvalue weighted by Gasteiger charge is -2.31. The van der Waals surface area contributed by atoms with E-state index in [1.807, 2.05) is 0 Å². The summed E-state index contributed by atoms with van der Waals surface area (Å²) in [4.78, 5) is 67.4. The molecule has 0 aromatic heterocycles. The van der Waals surface area contributed by atoms with Crippen LogP contribution < -0.4 is 10.6 Å². The highest BCUT2D eigenvalue weighted by molar-refractivity contribution is 5.94. The number of unbranched alkanes of at least 4 members (excludes halogenated alkanes) is 12. The average Bonchev–Trinajstić information content (AvgIpc) is 3.79. The van der Waals surface area contributed by atoms with E-state index in [9.17, 15) is 34.2 Å². The molecular formula is C38H60N4O7. The van der Waals surface area contributed by atoms with E-state index in [1.54, 1.807) is 21.9 Å². The van der Waals surface area contributed by atoms with Crippen LogP contribution in [0.2, 0.25) is 0 Å². The molecule has 2 aliphatic heterocycles. The number of likely N-dealkylation sites (tertiary alicyclic amines) is 2. The topological polar surface area (TPSA) is 156 Å². The molecule has 11 heteroatoms. The van der Waals surface area contributed by atoms with E-state index in [4.69, 9.17) is 0 Å². The normalized spacial score (nSPS) is 18.0. The number of amides is 4. The summed E-state index contributed by atoms with van der Waals surface area (Å²) in [5, 5.41) is 24.0. The Kier molecular flexibility index (Phi) is 18.0. The standard InChI is InChI=1S/C38H60N4O7/c1-2-3-4-5-6-7-8-9-10-11-12-13-14-19-35(45)41-26-16-18-33(41)37(47)42-27-15-17-32(42)36(46)39-28-34(44)40-31(38(48)49)25-22-29-20-23-30(43)24-21-29/h20-21,23-24,31-33,43H,2-19,22,25-28H2,1H3,(H,39,46)(H,40,44)(H,48,49)/t31-,32-,33-/m0/s1. The van der Waals surface area contributed by atoms with Gasteiger partial charge in [-0.25, -0.2) is 4.79 Å². The second-order valence-corrected chi connectivity index (χ2v) is 13.8. The number of phenolic OH excluding ortho intramolecular Hbond substituents is 1. The lowest BCUT2D eigenvalue weighted by atomic mass is 10.0. The number of carbonyl (C=O) groups is 5. The summed E-state index contributed by atoms with van der Waals surface area (Å²) < 4.78 is 0. The van der Waals surface area contributed by atoms with E-state index in [0.717, 1.165) is 31.2 Å². The number of rotatable bonds is 23. The van der Waals surface area contributed by atoms with Gasteiger partial charge in [0.05, 0.1) is 6.54 Å². The highest BCUT2D eigenvalue weighted by atomic mass is 16.4. The highest BCUT2D eigenvalue weighted by Gasteiger charge is 2.42. The maximum atomic E-state index is 13.6. The van der Waals surface area contributed by atoms with Gasteiger partial charge in [0, 0.05) is 19.5 Å². The van der Waals surface area contributed by atoms with E-state index in [1.165, 1.54) is 76.3 Å². The smallest absolute Gasteiger partial charge is 0.326 e. The van der Waals surface area contributed by atoms with Gasteiger partial charge in [0.15, 0.2) is 0 Å². The Morgan fingerprint density at radius 2 is 1.33 bits per heavy atom. The maximum absolute atomic E-state index is 13.6. The molecule has 0 spiro atoms. The van der Waals surface area contributed by atoms with Gasteiger partial charge in [-0.1, -0.05) is 96.1 Å². The predicted molar refractivity (Wildman–Crippen MR) is 189 cm³/mol. The van der Waals surface area contributed by atoms with Crippen molar-refractivity contribution in [3.8, 4) is 5.75 Å².